The molecule has 2 rings (SSSR count). The molecule has 1 heterocycles. The van der Waals surface area contributed by atoms with E-state index in [2.05, 4.69) is 15.5 Å². The molecule has 0 aliphatic heterocycles. The summed E-state index contributed by atoms with van der Waals surface area (Å²) >= 11 is 0. The van der Waals surface area contributed by atoms with Gasteiger partial charge in [0.1, 0.15) is 6.10 Å². The molecule has 1 aromatic rings. The zero-order valence-corrected chi connectivity index (χ0v) is 7.74. The van der Waals surface area contributed by atoms with Crippen LogP contribution in [0.5, 0.6) is 0 Å². The van der Waals surface area contributed by atoms with Crippen molar-refractivity contribution in [3.63, 3.8) is 0 Å². The lowest BCUT2D eigenvalue weighted by Gasteiger charge is -2.17. The highest BCUT2D eigenvalue weighted by Gasteiger charge is 2.50. The molecule has 1 saturated carbocycles. The third-order valence-corrected chi connectivity index (χ3v) is 2.60. The van der Waals surface area contributed by atoms with Crippen LogP contribution in [0.15, 0.2) is 4.52 Å². The zero-order chi connectivity index (χ0) is 9.47. The molecule has 1 atom stereocenters. The van der Waals surface area contributed by atoms with Gasteiger partial charge >= 0.3 is 0 Å². The molecule has 0 amide bonds. The van der Waals surface area contributed by atoms with Gasteiger partial charge in [0.2, 0.25) is 11.7 Å². The number of hydrogen-bond acceptors (Lipinski definition) is 5. The number of nitrogens with zero attached hydrogens (tertiary/aromatic N) is 2. The molecule has 0 aromatic carbocycles. The van der Waals surface area contributed by atoms with E-state index in [4.69, 9.17) is 4.52 Å². The third-order valence-electron chi connectivity index (χ3n) is 2.60. The number of rotatable bonds is 3. The second kappa shape index (κ2) is 2.78. The first-order valence-electron chi connectivity index (χ1n) is 4.35. The average Bonchev–Trinajstić information content (AvgIpc) is 2.82. The van der Waals surface area contributed by atoms with Crippen LogP contribution >= 0.6 is 0 Å². The van der Waals surface area contributed by atoms with Gasteiger partial charge in [0.05, 0.1) is 5.54 Å². The summed E-state index contributed by atoms with van der Waals surface area (Å²) in [6.07, 6.45) is 1.26. The smallest absolute Gasteiger partial charge is 0.223 e. The fraction of sp³-hybridized carbons (Fsp3) is 0.750. The Hall–Kier alpha value is -0.940. The summed E-state index contributed by atoms with van der Waals surface area (Å²) < 4.78 is 4.80. The molecule has 1 aromatic heterocycles. The van der Waals surface area contributed by atoms with Crippen molar-refractivity contribution in [2.45, 2.75) is 31.4 Å². The van der Waals surface area contributed by atoms with Crippen molar-refractivity contribution in [3.8, 4) is 0 Å². The molecule has 1 aliphatic carbocycles. The Balaban J connectivity index is 2.17. The van der Waals surface area contributed by atoms with Crippen LogP contribution in [0.4, 0.5) is 0 Å². The number of hydrogen-bond donors (Lipinski definition) is 2. The molecule has 2 N–H and O–H groups in total. The number of aliphatic hydroxyl groups excluding tert-OH is 1. The van der Waals surface area contributed by atoms with Crippen molar-refractivity contribution < 1.29 is 9.63 Å². The molecular formula is C8H13N3O2. The minimum Gasteiger partial charge on any atom is -0.383 e. The average molecular weight is 183 g/mol. The molecule has 5 heteroatoms. The van der Waals surface area contributed by atoms with Crippen LogP contribution in [0.2, 0.25) is 0 Å². The SMILES string of the molecule is CNC1(C(O)c2noc(C)n2)CC1. The molecule has 1 fully saturated rings. The minimum absolute atomic E-state index is 0.212. The van der Waals surface area contributed by atoms with E-state index < -0.39 is 6.10 Å². The van der Waals surface area contributed by atoms with Gasteiger partial charge in [-0.3, -0.25) is 0 Å². The monoisotopic (exact) mass is 183 g/mol. The van der Waals surface area contributed by atoms with Crippen LogP contribution < -0.4 is 5.32 Å². The first-order chi connectivity index (χ1) is 6.18. The Bertz CT molecular complexity index is 306. The van der Waals surface area contributed by atoms with E-state index >= 15 is 0 Å². The standard InChI is InChI=1S/C8H13N3O2/c1-5-10-7(11-13-5)6(12)8(9-2)3-4-8/h6,9,12H,3-4H2,1-2H3. The lowest BCUT2D eigenvalue weighted by atomic mass is 10.1. The van der Waals surface area contributed by atoms with Gasteiger partial charge in [-0.25, -0.2) is 0 Å². The van der Waals surface area contributed by atoms with E-state index in [0.29, 0.717) is 11.7 Å². The number of nitrogens with one attached hydrogen (secondary N) is 1. The highest BCUT2D eigenvalue weighted by Crippen LogP contribution is 2.44. The molecular weight excluding hydrogens is 170 g/mol. The van der Waals surface area contributed by atoms with Crippen LogP contribution in [-0.2, 0) is 0 Å². The lowest BCUT2D eigenvalue weighted by molar-refractivity contribution is 0.109. The van der Waals surface area contributed by atoms with Crippen molar-refractivity contribution in [3.05, 3.63) is 11.7 Å². The third kappa shape index (κ3) is 1.34. The Morgan fingerprint density at radius 3 is 2.69 bits per heavy atom. The predicted octanol–water partition coefficient (Wildman–Crippen LogP) is 0.163. The second-order valence-corrected chi connectivity index (χ2v) is 3.48. The van der Waals surface area contributed by atoms with Crippen molar-refractivity contribution in [1.29, 1.82) is 0 Å². The molecule has 5 nitrogen and oxygen atoms in total. The normalized spacial score (nSPS) is 21.5. The summed E-state index contributed by atoms with van der Waals surface area (Å²) in [6, 6.07) is 0. The fourth-order valence-corrected chi connectivity index (χ4v) is 1.47. The van der Waals surface area contributed by atoms with Crippen molar-refractivity contribution in [1.82, 2.24) is 15.5 Å². The topological polar surface area (TPSA) is 71.2 Å². The number of aromatic nitrogens is 2. The van der Waals surface area contributed by atoms with Crippen LogP contribution in [0, 0.1) is 6.92 Å². The van der Waals surface area contributed by atoms with Crippen LogP contribution in [0.25, 0.3) is 0 Å². The van der Waals surface area contributed by atoms with Gasteiger partial charge in [0.25, 0.3) is 0 Å². The van der Waals surface area contributed by atoms with Crippen LogP contribution in [-0.4, -0.2) is 27.8 Å². The molecule has 0 radical (unpaired) electrons. The maximum Gasteiger partial charge on any atom is 0.223 e. The van der Waals surface area contributed by atoms with Gasteiger partial charge in [-0.15, -0.1) is 0 Å². The van der Waals surface area contributed by atoms with E-state index in [0.717, 1.165) is 12.8 Å². The van der Waals surface area contributed by atoms with Gasteiger partial charge in [-0.2, -0.15) is 4.98 Å². The van der Waals surface area contributed by atoms with E-state index in [-0.39, 0.29) is 5.54 Å². The first-order valence-corrected chi connectivity index (χ1v) is 4.35. The first kappa shape index (κ1) is 8.65. The van der Waals surface area contributed by atoms with E-state index in [9.17, 15) is 5.11 Å². The zero-order valence-electron chi connectivity index (χ0n) is 7.74. The van der Waals surface area contributed by atoms with Crippen molar-refractivity contribution >= 4 is 0 Å². The summed E-state index contributed by atoms with van der Waals surface area (Å²) in [4.78, 5) is 4.00. The van der Waals surface area contributed by atoms with Gasteiger partial charge in [-0.05, 0) is 19.9 Å². The maximum absolute atomic E-state index is 9.88. The number of aliphatic hydroxyl groups is 1. The van der Waals surface area contributed by atoms with E-state index in [1.807, 2.05) is 7.05 Å². The summed E-state index contributed by atoms with van der Waals surface area (Å²) in [5, 5.41) is 16.7. The van der Waals surface area contributed by atoms with E-state index in [1.165, 1.54) is 0 Å². The summed E-state index contributed by atoms with van der Waals surface area (Å²) in [5.74, 6) is 0.866. The Labute approximate surface area is 76.1 Å². The van der Waals surface area contributed by atoms with Gasteiger partial charge in [0, 0.05) is 6.92 Å². The van der Waals surface area contributed by atoms with Gasteiger partial charge in [-0.1, -0.05) is 5.16 Å². The largest absolute Gasteiger partial charge is 0.383 e. The summed E-state index contributed by atoms with van der Waals surface area (Å²) in [5.41, 5.74) is -0.212. The molecule has 13 heavy (non-hydrogen) atoms. The Morgan fingerprint density at radius 2 is 2.31 bits per heavy atom. The minimum atomic E-state index is -0.657. The molecule has 1 unspecified atom stereocenters. The molecule has 1 aliphatic rings. The van der Waals surface area contributed by atoms with E-state index in [1.54, 1.807) is 6.92 Å². The quantitative estimate of drug-likeness (QED) is 0.698. The molecule has 0 bridgehead atoms. The van der Waals surface area contributed by atoms with Crippen molar-refractivity contribution in [2.24, 2.45) is 0 Å². The Kier molecular flexibility index (Phi) is 1.85. The fourth-order valence-electron chi connectivity index (χ4n) is 1.47. The lowest BCUT2D eigenvalue weighted by Crippen LogP contribution is -2.34. The van der Waals surface area contributed by atoms with Crippen LogP contribution in [0.3, 0.4) is 0 Å². The summed E-state index contributed by atoms with van der Waals surface area (Å²) in [6.45, 7) is 1.71. The molecule has 72 valence electrons. The maximum atomic E-state index is 9.88. The van der Waals surface area contributed by atoms with Crippen LogP contribution in [0.1, 0.15) is 30.7 Å². The predicted molar refractivity (Wildman–Crippen MR) is 45.0 cm³/mol. The Morgan fingerprint density at radius 1 is 1.62 bits per heavy atom. The summed E-state index contributed by atoms with van der Waals surface area (Å²) in [7, 11) is 1.84. The number of likely N-dealkylation sites (N-methyl/N-ethyl adjacent to an activating group) is 1. The van der Waals surface area contributed by atoms with Crippen molar-refractivity contribution in [2.75, 3.05) is 7.05 Å². The molecule has 0 saturated heterocycles. The number of aryl methyl sites for hydroxylation is 1. The highest BCUT2D eigenvalue weighted by atomic mass is 16.5. The highest BCUT2D eigenvalue weighted by molar-refractivity contribution is 5.12. The molecule has 0 spiro atoms. The second-order valence-electron chi connectivity index (χ2n) is 3.48. The van der Waals surface area contributed by atoms with Gasteiger partial charge in [0.15, 0.2) is 0 Å². The van der Waals surface area contributed by atoms with Gasteiger partial charge < -0.3 is 14.9 Å².